The molecule has 0 bridgehead atoms. The van der Waals surface area contributed by atoms with Crippen molar-refractivity contribution >= 4 is 5.91 Å². The zero-order chi connectivity index (χ0) is 12.8. The molecule has 0 aromatic heterocycles. The van der Waals surface area contributed by atoms with E-state index in [1.54, 1.807) is 0 Å². The molecule has 1 saturated heterocycles. The average Bonchev–Trinajstić information content (AvgIpc) is 3.21. The summed E-state index contributed by atoms with van der Waals surface area (Å²) in [5.41, 5.74) is 0. The number of rotatable bonds is 7. The molecule has 0 spiro atoms. The molecule has 2 rings (SSSR count). The monoisotopic (exact) mass is 255 g/mol. The highest BCUT2D eigenvalue weighted by molar-refractivity contribution is 5.76. The van der Waals surface area contributed by atoms with Gasteiger partial charge >= 0.3 is 0 Å². The number of hydrogen-bond acceptors (Lipinski definition) is 3. The maximum Gasteiger partial charge on any atom is 0.220 e. The Morgan fingerprint density at radius 3 is 2.61 bits per heavy atom. The molecule has 1 aliphatic carbocycles. The molecule has 18 heavy (non-hydrogen) atoms. The van der Waals surface area contributed by atoms with E-state index < -0.39 is 0 Å². The van der Waals surface area contributed by atoms with Gasteiger partial charge in [-0.15, -0.1) is 0 Å². The molecule has 2 N–H and O–H groups in total. The second-order valence-corrected chi connectivity index (χ2v) is 5.62. The van der Waals surface area contributed by atoms with Crippen LogP contribution >= 0.6 is 0 Å². The van der Waals surface area contributed by atoms with E-state index in [0.29, 0.717) is 24.7 Å². The van der Waals surface area contributed by atoms with Crippen LogP contribution in [0.25, 0.3) is 0 Å². The highest BCUT2D eigenvalue weighted by atomic mass is 16.5. The first-order valence-electron chi connectivity index (χ1n) is 7.27. The molecule has 104 valence electrons. The molecule has 2 fully saturated rings. The molecule has 1 heterocycles. The van der Waals surface area contributed by atoms with Crippen LogP contribution in [0.1, 0.15) is 44.9 Å². The van der Waals surface area contributed by atoms with Gasteiger partial charge in [-0.3, -0.25) is 4.79 Å². The van der Waals surface area contributed by atoms with Crippen molar-refractivity contribution in [3.8, 4) is 0 Å². The van der Waals surface area contributed by atoms with Crippen LogP contribution in [0.3, 0.4) is 0 Å². The average molecular weight is 255 g/mol. The van der Waals surface area contributed by atoms with Gasteiger partial charge in [-0.2, -0.15) is 0 Å². The number of nitrogens with one attached hydrogen (secondary N) is 1. The summed E-state index contributed by atoms with van der Waals surface area (Å²) < 4.78 is 5.31. The summed E-state index contributed by atoms with van der Waals surface area (Å²) in [5.74, 6) is 1.43. The van der Waals surface area contributed by atoms with E-state index in [2.05, 4.69) is 5.32 Å². The van der Waals surface area contributed by atoms with Gasteiger partial charge in [0.2, 0.25) is 5.91 Å². The van der Waals surface area contributed by atoms with Crippen LogP contribution in [0.4, 0.5) is 0 Å². The lowest BCUT2D eigenvalue weighted by atomic mass is 9.94. The normalized spacial score (nSPS) is 22.7. The van der Waals surface area contributed by atoms with Crippen molar-refractivity contribution < 1.29 is 14.6 Å². The summed E-state index contributed by atoms with van der Waals surface area (Å²) in [5, 5.41) is 12.1. The summed E-state index contributed by atoms with van der Waals surface area (Å²) in [7, 11) is 0. The maximum atomic E-state index is 11.9. The largest absolute Gasteiger partial charge is 0.396 e. The van der Waals surface area contributed by atoms with E-state index in [9.17, 15) is 4.79 Å². The number of hydrogen-bond donors (Lipinski definition) is 2. The highest BCUT2D eigenvalue weighted by Gasteiger charge is 2.31. The van der Waals surface area contributed by atoms with Gasteiger partial charge in [0, 0.05) is 32.3 Å². The Bertz CT molecular complexity index is 260. The van der Waals surface area contributed by atoms with Crippen molar-refractivity contribution in [3.63, 3.8) is 0 Å². The molecule has 0 aromatic rings. The Morgan fingerprint density at radius 2 is 2.00 bits per heavy atom. The standard InChI is InChI=1S/C14H25NO3/c16-8-5-13(12-2-3-12)15-14(17)4-1-11-6-9-18-10-7-11/h11-13,16H,1-10H2,(H,15,17). The third kappa shape index (κ3) is 4.58. The summed E-state index contributed by atoms with van der Waals surface area (Å²) >= 11 is 0. The first-order valence-corrected chi connectivity index (χ1v) is 7.27. The quantitative estimate of drug-likeness (QED) is 0.724. The van der Waals surface area contributed by atoms with E-state index in [1.165, 1.54) is 12.8 Å². The van der Waals surface area contributed by atoms with Crippen molar-refractivity contribution in [2.45, 2.75) is 51.0 Å². The minimum atomic E-state index is 0.159. The van der Waals surface area contributed by atoms with Crippen LogP contribution in [-0.2, 0) is 9.53 Å². The van der Waals surface area contributed by atoms with E-state index in [0.717, 1.165) is 32.5 Å². The highest BCUT2D eigenvalue weighted by Crippen LogP contribution is 2.34. The Labute approximate surface area is 109 Å². The predicted octanol–water partition coefficient (Wildman–Crippen LogP) is 1.47. The Hall–Kier alpha value is -0.610. The number of carbonyl (C=O) groups is 1. The van der Waals surface area contributed by atoms with Gasteiger partial charge in [0.1, 0.15) is 0 Å². The second kappa shape index (κ2) is 7.10. The third-order valence-electron chi connectivity index (χ3n) is 4.10. The van der Waals surface area contributed by atoms with Crippen molar-refractivity contribution in [3.05, 3.63) is 0 Å². The zero-order valence-electron chi connectivity index (χ0n) is 11.1. The Morgan fingerprint density at radius 1 is 1.28 bits per heavy atom. The number of ether oxygens (including phenoxy) is 1. The maximum absolute atomic E-state index is 11.9. The predicted molar refractivity (Wildman–Crippen MR) is 69.1 cm³/mol. The zero-order valence-corrected chi connectivity index (χ0v) is 11.1. The SMILES string of the molecule is O=C(CCC1CCOCC1)NC(CCO)C1CC1. The molecule has 1 saturated carbocycles. The molecule has 2 aliphatic rings. The molecule has 4 heteroatoms. The van der Waals surface area contributed by atoms with Crippen LogP contribution in [0.15, 0.2) is 0 Å². The van der Waals surface area contributed by atoms with Gasteiger partial charge in [-0.05, 0) is 50.4 Å². The molecule has 0 radical (unpaired) electrons. The lowest BCUT2D eigenvalue weighted by Gasteiger charge is -2.22. The van der Waals surface area contributed by atoms with Gasteiger partial charge in [-0.1, -0.05) is 0 Å². The molecule has 1 amide bonds. The van der Waals surface area contributed by atoms with Crippen molar-refractivity contribution in [1.82, 2.24) is 5.32 Å². The molecule has 4 nitrogen and oxygen atoms in total. The molecular weight excluding hydrogens is 230 g/mol. The smallest absolute Gasteiger partial charge is 0.220 e. The molecular formula is C14H25NO3. The first-order chi connectivity index (χ1) is 8.79. The molecule has 1 atom stereocenters. The molecule has 1 unspecified atom stereocenters. The number of aliphatic hydroxyl groups is 1. The first kappa shape index (κ1) is 13.8. The van der Waals surface area contributed by atoms with E-state index in [4.69, 9.17) is 9.84 Å². The molecule has 1 aliphatic heterocycles. The fraction of sp³-hybridized carbons (Fsp3) is 0.929. The fourth-order valence-electron chi connectivity index (χ4n) is 2.71. The minimum Gasteiger partial charge on any atom is -0.396 e. The topological polar surface area (TPSA) is 58.6 Å². The van der Waals surface area contributed by atoms with Gasteiger partial charge in [-0.25, -0.2) is 0 Å². The fourth-order valence-corrected chi connectivity index (χ4v) is 2.71. The summed E-state index contributed by atoms with van der Waals surface area (Å²) in [6, 6.07) is 0.206. The van der Waals surface area contributed by atoms with E-state index in [-0.39, 0.29) is 18.6 Å². The van der Waals surface area contributed by atoms with Gasteiger partial charge in [0.15, 0.2) is 0 Å². The van der Waals surface area contributed by atoms with Crippen LogP contribution in [0.5, 0.6) is 0 Å². The third-order valence-corrected chi connectivity index (χ3v) is 4.10. The van der Waals surface area contributed by atoms with E-state index in [1.807, 2.05) is 0 Å². The molecule has 0 aromatic carbocycles. The van der Waals surface area contributed by atoms with Gasteiger partial charge in [0.25, 0.3) is 0 Å². The number of carbonyl (C=O) groups excluding carboxylic acids is 1. The van der Waals surface area contributed by atoms with E-state index >= 15 is 0 Å². The van der Waals surface area contributed by atoms with Crippen molar-refractivity contribution in [2.24, 2.45) is 11.8 Å². The summed E-state index contributed by atoms with van der Waals surface area (Å²) in [4.78, 5) is 11.9. The summed E-state index contributed by atoms with van der Waals surface area (Å²) in [6.07, 6.45) is 6.89. The summed E-state index contributed by atoms with van der Waals surface area (Å²) in [6.45, 7) is 1.87. The minimum absolute atomic E-state index is 0.159. The lowest BCUT2D eigenvalue weighted by molar-refractivity contribution is -0.122. The number of aliphatic hydroxyl groups excluding tert-OH is 1. The Balaban J connectivity index is 1.63. The van der Waals surface area contributed by atoms with Crippen LogP contribution in [-0.4, -0.2) is 36.9 Å². The van der Waals surface area contributed by atoms with Gasteiger partial charge in [0.05, 0.1) is 0 Å². The van der Waals surface area contributed by atoms with Crippen molar-refractivity contribution in [1.29, 1.82) is 0 Å². The number of amides is 1. The van der Waals surface area contributed by atoms with Gasteiger partial charge < -0.3 is 15.2 Å². The second-order valence-electron chi connectivity index (χ2n) is 5.62. The van der Waals surface area contributed by atoms with Crippen LogP contribution in [0, 0.1) is 11.8 Å². The van der Waals surface area contributed by atoms with Crippen LogP contribution < -0.4 is 5.32 Å². The Kier molecular flexibility index (Phi) is 5.45. The lowest BCUT2D eigenvalue weighted by Crippen LogP contribution is -2.37. The van der Waals surface area contributed by atoms with Crippen LogP contribution in [0.2, 0.25) is 0 Å². The van der Waals surface area contributed by atoms with Crippen molar-refractivity contribution in [2.75, 3.05) is 19.8 Å².